The summed E-state index contributed by atoms with van der Waals surface area (Å²) in [5.74, 6) is -0.530. The first-order valence-electron chi connectivity index (χ1n) is 9.33. The number of rotatable bonds is 7. The van der Waals surface area contributed by atoms with Gasteiger partial charge in [-0.15, -0.1) is 0 Å². The molecule has 1 aromatic rings. The Kier molecular flexibility index (Phi) is 6.78. The van der Waals surface area contributed by atoms with Crippen LogP contribution in [-0.2, 0) is 19.1 Å². The molecule has 8 nitrogen and oxygen atoms in total. The minimum absolute atomic E-state index is 0.131. The normalized spacial score (nSPS) is 21.6. The van der Waals surface area contributed by atoms with Crippen molar-refractivity contribution in [1.29, 1.82) is 0 Å². The van der Waals surface area contributed by atoms with Crippen LogP contribution in [0.1, 0.15) is 36.0 Å². The molecule has 2 unspecified atom stereocenters. The summed E-state index contributed by atoms with van der Waals surface area (Å²) < 4.78 is 10.6. The molecule has 2 atom stereocenters. The third kappa shape index (κ3) is 5.51. The Morgan fingerprint density at radius 2 is 1.44 bits per heavy atom. The van der Waals surface area contributed by atoms with Crippen molar-refractivity contribution in [2.45, 2.75) is 37.9 Å². The van der Waals surface area contributed by atoms with Gasteiger partial charge in [0.25, 0.3) is 11.8 Å². The van der Waals surface area contributed by atoms with E-state index in [4.69, 9.17) is 9.47 Å². The summed E-state index contributed by atoms with van der Waals surface area (Å²) in [6, 6.07) is 6.65. The van der Waals surface area contributed by atoms with E-state index in [9.17, 15) is 14.4 Å². The van der Waals surface area contributed by atoms with Crippen LogP contribution in [0.15, 0.2) is 24.3 Å². The van der Waals surface area contributed by atoms with Gasteiger partial charge in [0, 0.05) is 37.6 Å². The lowest BCUT2D eigenvalue weighted by molar-refractivity contribution is -0.130. The van der Waals surface area contributed by atoms with E-state index < -0.39 is 6.10 Å². The summed E-state index contributed by atoms with van der Waals surface area (Å²) in [6.07, 6.45) is 2.52. The molecule has 3 rings (SSSR count). The van der Waals surface area contributed by atoms with E-state index in [-0.39, 0.29) is 23.8 Å². The molecule has 3 N–H and O–H groups in total. The van der Waals surface area contributed by atoms with Crippen molar-refractivity contribution in [3.63, 3.8) is 0 Å². The molecular formula is C19H25N3O5. The van der Waals surface area contributed by atoms with Gasteiger partial charge in [-0.05, 0) is 49.9 Å². The second kappa shape index (κ2) is 9.48. The highest BCUT2D eigenvalue weighted by atomic mass is 16.5. The van der Waals surface area contributed by atoms with Crippen LogP contribution in [0.4, 0.5) is 5.69 Å². The zero-order valence-electron chi connectivity index (χ0n) is 15.2. The molecule has 27 heavy (non-hydrogen) atoms. The van der Waals surface area contributed by atoms with Gasteiger partial charge in [-0.1, -0.05) is 0 Å². The average Bonchev–Trinajstić information content (AvgIpc) is 3.39. The fourth-order valence-corrected chi connectivity index (χ4v) is 3.07. The zero-order valence-corrected chi connectivity index (χ0v) is 15.2. The molecule has 2 saturated heterocycles. The number of carbonyl (C=O) groups excluding carboxylic acids is 3. The van der Waals surface area contributed by atoms with Gasteiger partial charge in [0.1, 0.15) is 12.2 Å². The average molecular weight is 375 g/mol. The highest BCUT2D eigenvalue weighted by Gasteiger charge is 2.24. The van der Waals surface area contributed by atoms with Crippen LogP contribution >= 0.6 is 0 Å². The maximum atomic E-state index is 12.1. The molecule has 0 spiro atoms. The van der Waals surface area contributed by atoms with Crippen LogP contribution in [0.5, 0.6) is 0 Å². The van der Waals surface area contributed by atoms with Crippen LogP contribution < -0.4 is 16.0 Å². The summed E-state index contributed by atoms with van der Waals surface area (Å²) in [5, 5.41) is 8.29. The van der Waals surface area contributed by atoms with Crippen LogP contribution in [-0.4, -0.2) is 56.2 Å². The molecule has 2 fully saturated rings. The number of amides is 3. The second-order valence-electron chi connectivity index (χ2n) is 6.62. The van der Waals surface area contributed by atoms with Gasteiger partial charge in [-0.2, -0.15) is 0 Å². The standard InChI is InChI=1S/C19H25N3O5/c23-17(20-9-10-21-18(24)15-3-1-11-26-15)13-5-7-14(8-6-13)22-19(25)16-4-2-12-27-16/h5-8,15-16H,1-4,9-12H2,(H,20,23)(H,21,24)(H,22,25). The van der Waals surface area contributed by atoms with Crippen LogP contribution in [0, 0.1) is 0 Å². The first-order chi connectivity index (χ1) is 13.1. The van der Waals surface area contributed by atoms with Crippen molar-refractivity contribution < 1.29 is 23.9 Å². The minimum atomic E-state index is -0.391. The molecule has 0 saturated carbocycles. The Bertz CT molecular complexity index is 664. The van der Waals surface area contributed by atoms with Gasteiger partial charge < -0.3 is 25.4 Å². The molecule has 8 heteroatoms. The number of hydrogen-bond donors (Lipinski definition) is 3. The third-order valence-electron chi connectivity index (χ3n) is 4.57. The highest BCUT2D eigenvalue weighted by molar-refractivity contribution is 5.97. The molecule has 1 aromatic carbocycles. The molecule has 0 aliphatic carbocycles. The SMILES string of the molecule is O=C(NCCNC(=O)C1CCCO1)c1ccc(NC(=O)C2CCCO2)cc1. The predicted molar refractivity (Wildman–Crippen MR) is 98.4 cm³/mol. The van der Waals surface area contributed by atoms with Crippen molar-refractivity contribution in [2.75, 3.05) is 31.6 Å². The monoisotopic (exact) mass is 375 g/mol. The first kappa shape index (κ1) is 19.3. The molecular weight excluding hydrogens is 350 g/mol. The van der Waals surface area contributed by atoms with E-state index >= 15 is 0 Å². The van der Waals surface area contributed by atoms with Gasteiger partial charge in [-0.25, -0.2) is 0 Å². The molecule has 2 heterocycles. The summed E-state index contributed by atoms with van der Waals surface area (Å²) in [5.41, 5.74) is 1.10. The number of nitrogens with one attached hydrogen (secondary N) is 3. The Morgan fingerprint density at radius 3 is 2.04 bits per heavy atom. The number of ether oxygens (including phenoxy) is 2. The Balaban J connectivity index is 1.38. The molecule has 3 amide bonds. The molecule has 0 bridgehead atoms. The lowest BCUT2D eigenvalue weighted by atomic mass is 10.2. The number of benzene rings is 1. The van der Waals surface area contributed by atoms with E-state index in [1.54, 1.807) is 24.3 Å². The summed E-state index contributed by atoms with van der Waals surface area (Å²) in [7, 11) is 0. The van der Waals surface area contributed by atoms with Crippen molar-refractivity contribution in [3.8, 4) is 0 Å². The highest BCUT2D eigenvalue weighted by Crippen LogP contribution is 2.16. The summed E-state index contributed by atoms with van der Waals surface area (Å²) in [4.78, 5) is 35.9. The number of anilines is 1. The smallest absolute Gasteiger partial charge is 0.253 e. The number of hydrogen-bond acceptors (Lipinski definition) is 5. The third-order valence-corrected chi connectivity index (χ3v) is 4.57. The van der Waals surface area contributed by atoms with Gasteiger partial charge in [0.05, 0.1) is 0 Å². The van der Waals surface area contributed by atoms with E-state index in [2.05, 4.69) is 16.0 Å². The lowest BCUT2D eigenvalue weighted by Crippen LogP contribution is -2.39. The Morgan fingerprint density at radius 1 is 0.852 bits per heavy atom. The van der Waals surface area contributed by atoms with Crippen LogP contribution in [0.25, 0.3) is 0 Å². The van der Waals surface area contributed by atoms with Crippen molar-refractivity contribution in [1.82, 2.24) is 10.6 Å². The van der Waals surface area contributed by atoms with Gasteiger partial charge in [0.2, 0.25) is 5.91 Å². The van der Waals surface area contributed by atoms with Crippen molar-refractivity contribution >= 4 is 23.4 Å². The second-order valence-corrected chi connectivity index (χ2v) is 6.62. The van der Waals surface area contributed by atoms with Gasteiger partial charge in [-0.3, -0.25) is 14.4 Å². The van der Waals surface area contributed by atoms with Crippen LogP contribution in [0.3, 0.4) is 0 Å². The Hall–Kier alpha value is -2.45. The maximum Gasteiger partial charge on any atom is 0.253 e. The van der Waals surface area contributed by atoms with E-state index in [1.807, 2.05) is 0 Å². The molecule has 2 aliphatic rings. The number of carbonyl (C=O) groups is 3. The lowest BCUT2D eigenvalue weighted by Gasteiger charge is -2.12. The molecule has 0 aromatic heterocycles. The van der Waals surface area contributed by atoms with Gasteiger partial charge in [0.15, 0.2) is 0 Å². The van der Waals surface area contributed by atoms with Gasteiger partial charge >= 0.3 is 0 Å². The van der Waals surface area contributed by atoms with Crippen molar-refractivity contribution in [2.24, 2.45) is 0 Å². The van der Waals surface area contributed by atoms with E-state index in [0.29, 0.717) is 37.6 Å². The first-order valence-corrected chi connectivity index (χ1v) is 9.33. The summed E-state index contributed by atoms with van der Waals surface area (Å²) in [6.45, 7) is 1.92. The summed E-state index contributed by atoms with van der Waals surface area (Å²) >= 11 is 0. The van der Waals surface area contributed by atoms with E-state index in [1.165, 1.54) is 0 Å². The van der Waals surface area contributed by atoms with Crippen molar-refractivity contribution in [3.05, 3.63) is 29.8 Å². The van der Waals surface area contributed by atoms with E-state index in [0.717, 1.165) is 25.7 Å². The van der Waals surface area contributed by atoms with Crippen LogP contribution in [0.2, 0.25) is 0 Å². The largest absolute Gasteiger partial charge is 0.368 e. The zero-order chi connectivity index (χ0) is 19.1. The maximum absolute atomic E-state index is 12.1. The molecule has 0 radical (unpaired) electrons. The molecule has 146 valence electrons. The topological polar surface area (TPSA) is 106 Å². The predicted octanol–water partition coefficient (Wildman–Crippen LogP) is 0.829. The fraction of sp³-hybridized carbons (Fsp3) is 0.526. The quantitative estimate of drug-likeness (QED) is 0.612. The molecule has 2 aliphatic heterocycles. The Labute approximate surface area is 158 Å². The minimum Gasteiger partial charge on any atom is -0.368 e. The fourth-order valence-electron chi connectivity index (χ4n) is 3.07.